The third-order valence-electron chi connectivity index (χ3n) is 4.17. The second-order valence-corrected chi connectivity index (χ2v) is 5.97. The summed E-state index contributed by atoms with van der Waals surface area (Å²) in [5, 5.41) is 17.5. The Labute approximate surface area is 143 Å². The van der Waals surface area contributed by atoms with Gasteiger partial charge in [-0.15, -0.1) is 10.2 Å². The molecule has 1 saturated heterocycles. The van der Waals surface area contributed by atoms with E-state index >= 15 is 0 Å². The van der Waals surface area contributed by atoms with Gasteiger partial charge in [0.1, 0.15) is 24.0 Å². The van der Waals surface area contributed by atoms with Crippen molar-refractivity contribution in [3.05, 3.63) is 47.4 Å². The summed E-state index contributed by atoms with van der Waals surface area (Å²) in [4.78, 5) is 8.78. The molecule has 4 rings (SSSR count). The summed E-state index contributed by atoms with van der Waals surface area (Å²) in [6, 6.07) is 9.71. The molecule has 0 aromatic carbocycles. The lowest BCUT2D eigenvalue weighted by molar-refractivity contribution is 0.639. The summed E-state index contributed by atoms with van der Waals surface area (Å²) < 4.78 is 1.99. The number of nitrogens with zero attached hydrogens (tertiary/aromatic N) is 7. The number of hydrogen-bond donors (Lipinski definition) is 0. The van der Waals surface area contributed by atoms with Crippen LogP contribution in [0.4, 0.5) is 11.6 Å². The van der Waals surface area contributed by atoms with E-state index in [9.17, 15) is 0 Å². The maximum atomic E-state index is 8.91. The fraction of sp³-hybridized carbons (Fsp3) is 0.250. The predicted octanol–water partition coefficient (Wildman–Crippen LogP) is 1.98. The zero-order chi connectivity index (χ0) is 16.5. The molecule has 0 radical (unpaired) electrons. The fourth-order valence-electron chi connectivity index (χ4n) is 2.96. The molecule has 24 heavy (non-hydrogen) atoms. The average Bonchev–Trinajstić information content (AvgIpc) is 3.10. The molecule has 1 aliphatic rings. The van der Waals surface area contributed by atoms with Gasteiger partial charge in [0.2, 0.25) is 0 Å². The van der Waals surface area contributed by atoms with Gasteiger partial charge in [0, 0.05) is 32.4 Å². The van der Waals surface area contributed by atoms with Crippen molar-refractivity contribution in [1.82, 2.24) is 19.6 Å². The van der Waals surface area contributed by atoms with Gasteiger partial charge in [0.15, 0.2) is 5.65 Å². The Kier molecular flexibility index (Phi) is 3.67. The quantitative estimate of drug-likeness (QED) is 0.710. The molecule has 0 atom stereocenters. The first-order valence-corrected chi connectivity index (χ1v) is 7.98. The number of halogens is 1. The molecule has 120 valence electrons. The minimum Gasteiger partial charge on any atom is -0.354 e. The van der Waals surface area contributed by atoms with Gasteiger partial charge in [-0.3, -0.25) is 4.40 Å². The lowest BCUT2D eigenvalue weighted by Crippen LogP contribution is -2.47. The molecule has 0 amide bonds. The second kappa shape index (κ2) is 5.98. The maximum absolute atomic E-state index is 8.91. The third kappa shape index (κ3) is 2.51. The van der Waals surface area contributed by atoms with Crippen molar-refractivity contribution in [2.24, 2.45) is 0 Å². The fourth-order valence-corrected chi connectivity index (χ4v) is 3.25. The number of fused-ring (bicyclic) bond motifs is 1. The van der Waals surface area contributed by atoms with Crippen molar-refractivity contribution in [3.8, 4) is 6.07 Å². The molecular weight excluding hydrogens is 326 g/mol. The van der Waals surface area contributed by atoms with E-state index in [1.165, 1.54) is 0 Å². The van der Waals surface area contributed by atoms with Crippen molar-refractivity contribution in [1.29, 1.82) is 5.26 Å². The summed E-state index contributed by atoms with van der Waals surface area (Å²) in [5.74, 6) is 1.81. The minimum absolute atomic E-state index is 0.474. The van der Waals surface area contributed by atoms with E-state index in [-0.39, 0.29) is 0 Å². The van der Waals surface area contributed by atoms with Gasteiger partial charge in [0.05, 0.1) is 10.6 Å². The molecule has 8 heteroatoms. The van der Waals surface area contributed by atoms with Gasteiger partial charge in [-0.2, -0.15) is 5.26 Å². The van der Waals surface area contributed by atoms with Crippen LogP contribution < -0.4 is 9.80 Å². The summed E-state index contributed by atoms with van der Waals surface area (Å²) >= 11 is 6.27. The highest BCUT2D eigenvalue weighted by Crippen LogP contribution is 2.26. The van der Waals surface area contributed by atoms with Crippen LogP contribution in [0.5, 0.6) is 0 Å². The molecule has 0 spiro atoms. The highest BCUT2D eigenvalue weighted by Gasteiger charge is 2.21. The lowest BCUT2D eigenvalue weighted by atomic mass is 10.2. The third-order valence-corrected chi connectivity index (χ3v) is 4.44. The van der Waals surface area contributed by atoms with Crippen molar-refractivity contribution in [2.75, 3.05) is 36.0 Å². The van der Waals surface area contributed by atoms with Crippen LogP contribution in [0.25, 0.3) is 5.65 Å². The molecule has 0 saturated carbocycles. The molecule has 0 unspecified atom stereocenters. The van der Waals surface area contributed by atoms with Gasteiger partial charge in [-0.1, -0.05) is 17.7 Å². The smallest absolute Gasteiger partial charge is 0.162 e. The summed E-state index contributed by atoms with van der Waals surface area (Å²) in [5.41, 5.74) is 1.31. The largest absolute Gasteiger partial charge is 0.354 e. The molecule has 0 N–H and O–H groups in total. The lowest BCUT2D eigenvalue weighted by Gasteiger charge is -2.37. The Morgan fingerprint density at radius 1 is 1.12 bits per heavy atom. The van der Waals surface area contributed by atoms with Crippen LogP contribution in [0.2, 0.25) is 5.02 Å². The second-order valence-electron chi connectivity index (χ2n) is 5.56. The van der Waals surface area contributed by atoms with Crippen LogP contribution in [0.3, 0.4) is 0 Å². The van der Waals surface area contributed by atoms with Gasteiger partial charge in [0.25, 0.3) is 0 Å². The first-order valence-electron chi connectivity index (χ1n) is 7.60. The van der Waals surface area contributed by atoms with Crippen LogP contribution in [0, 0.1) is 11.3 Å². The number of nitriles is 1. The van der Waals surface area contributed by atoms with E-state index < -0.39 is 0 Å². The van der Waals surface area contributed by atoms with Gasteiger partial charge >= 0.3 is 0 Å². The number of rotatable bonds is 2. The molecule has 4 heterocycles. The number of pyridine rings is 2. The Balaban J connectivity index is 1.53. The summed E-state index contributed by atoms with van der Waals surface area (Å²) in [6.07, 6.45) is 3.29. The first kappa shape index (κ1) is 14.7. The molecule has 0 bridgehead atoms. The Morgan fingerprint density at radius 3 is 2.67 bits per heavy atom. The highest BCUT2D eigenvalue weighted by atomic mass is 35.5. The van der Waals surface area contributed by atoms with E-state index in [0.717, 1.165) is 43.5 Å². The Bertz CT molecular complexity index is 922. The molecule has 1 aliphatic heterocycles. The molecule has 7 nitrogen and oxygen atoms in total. The number of aromatic nitrogens is 4. The molecule has 1 fully saturated rings. The highest BCUT2D eigenvalue weighted by molar-refractivity contribution is 6.33. The molecule has 0 aliphatic carbocycles. The number of anilines is 2. The summed E-state index contributed by atoms with van der Waals surface area (Å²) in [6.45, 7) is 3.29. The topological polar surface area (TPSA) is 73.3 Å². The zero-order valence-corrected chi connectivity index (χ0v) is 13.6. The standard InChI is InChI=1S/C16H14ClN7/c17-13-8-12(9-18)10-19-16(13)23-6-4-22(5-7-23)15-3-1-2-14-21-20-11-24(14)15/h1-3,8,10-11H,4-7H2. The van der Waals surface area contributed by atoms with E-state index in [4.69, 9.17) is 16.9 Å². The number of hydrogen-bond acceptors (Lipinski definition) is 6. The number of piperazine rings is 1. The van der Waals surface area contributed by atoms with Gasteiger partial charge < -0.3 is 9.80 Å². The first-order chi connectivity index (χ1) is 11.8. The molecular formula is C16H14ClN7. The van der Waals surface area contributed by atoms with Gasteiger partial charge in [-0.25, -0.2) is 4.98 Å². The minimum atomic E-state index is 0.474. The van der Waals surface area contributed by atoms with Crippen LogP contribution in [0.15, 0.2) is 36.8 Å². The van der Waals surface area contributed by atoms with Crippen molar-refractivity contribution >= 4 is 28.9 Å². The van der Waals surface area contributed by atoms with Gasteiger partial charge in [-0.05, 0) is 18.2 Å². The monoisotopic (exact) mass is 339 g/mol. The van der Waals surface area contributed by atoms with E-state index in [0.29, 0.717) is 10.6 Å². The zero-order valence-electron chi connectivity index (χ0n) is 12.8. The SMILES string of the molecule is N#Cc1cnc(N2CCN(c3cccc4nncn34)CC2)c(Cl)c1. The van der Waals surface area contributed by atoms with E-state index in [1.54, 1.807) is 18.6 Å². The van der Waals surface area contributed by atoms with E-state index in [1.807, 2.05) is 16.5 Å². The Hall–Kier alpha value is -2.85. The molecule has 3 aromatic rings. The average molecular weight is 340 g/mol. The van der Waals surface area contributed by atoms with Crippen LogP contribution in [-0.4, -0.2) is 45.8 Å². The van der Waals surface area contributed by atoms with Crippen LogP contribution in [0.1, 0.15) is 5.56 Å². The van der Waals surface area contributed by atoms with Crippen molar-refractivity contribution in [2.45, 2.75) is 0 Å². The van der Waals surface area contributed by atoms with Crippen LogP contribution in [-0.2, 0) is 0 Å². The van der Waals surface area contributed by atoms with Crippen LogP contribution >= 0.6 is 11.6 Å². The maximum Gasteiger partial charge on any atom is 0.162 e. The summed E-state index contributed by atoms with van der Waals surface area (Å²) in [7, 11) is 0. The van der Waals surface area contributed by atoms with E-state index in [2.05, 4.69) is 37.1 Å². The molecule has 3 aromatic heterocycles. The normalized spacial score (nSPS) is 14.8. The predicted molar refractivity (Wildman–Crippen MR) is 91.4 cm³/mol. The van der Waals surface area contributed by atoms with Crippen molar-refractivity contribution < 1.29 is 0 Å². The van der Waals surface area contributed by atoms with Crippen molar-refractivity contribution in [3.63, 3.8) is 0 Å². The Morgan fingerprint density at radius 2 is 1.92 bits per heavy atom.